The Balaban J connectivity index is 1.61. The van der Waals surface area contributed by atoms with Crippen LogP contribution in [0.4, 0.5) is 5.69 Å². The molecule has 114 valence electrons. The van der Waals surface area contributed by atoms with Gasteiger partial charge in [-0.15, -0.1) is 0 Å². The maximum Gasteiger partial charge on any atom is 0.256 e. The van der Waals surface area contributed by atoms with Crippen LogP contribution in [0.3, 0.4) is 0 Å². The fourth-order valence-electron chi connectivity index (χ4n) is 3.01. The number of rotatable bonds is 3. The average molecular weight is 321 g/mol. The van der Waals surface area contributed by atoms with Crippen LogP contribution in [0, 0.1) is 0 Å². The van der Waals surface area contributed by atoms with Crippen LogP contribution in [0.1, 0.15) is 5.56 Å². The number of thiocarbonyl (C=S) groups is 1. The fraction of sp³-hybridized carbons (Fsp3) is 0.111. The molecule has 2 N–H and O–H groups in total. The molecule has 2 heterocycles. The van der Waals surface area contributed by atoms with E-state index in [9.17, 15) is 4.79 Å². The number of aromatic amines is 1. The van der Waals surface area contributed by atoms with E-state index in [-0.39, 0.29) is 11.9 Å². The molecule has 4 nitrogen and oxygen atoms in total. The first-order valence-electron chi connectivity index (χ1n) is 7.48. The summed E-state index contributed by atoms with van der Waals surface area (Å²) >= 11 is 5.35. The zero-order valence-electron chi connectivity index (χ0n) is 12.3. The Morgan fingerprint density at radius 3 is 2.61 bits per heavy atom. The number of nitrogens with zero attached hydrogens (tertiary/aromatic N) is 1. The fourth-order valence-corrected chi connectivity index (χ4v) is 3.35. The van der Waals surface area contributed by atoms with E-state index in [0.29, 0.717) is 11.5 Å². The van der Waals surface area contributed by atoms with Gasteiger partial charge in [0.15, 0.2) is 5.11 Å². The minimum atomic E-state index is -0.332. The molecular formula is C18H15N3OS. The molecule has 23 heavy (non-hydrogen) atoms. The number of hydrogen-bond donors (Lipinski definition) is 2. The minimum absolute atomic E-state index is 0.00789. The van der Waals surface area contributed by atoms with Gasteiger partial charge in [-0.2, -0.15) is 0 Å². The highest BCUT2D eigenvalue weighted by atomic mass is 32.1. The van der Waals surface area contributed by atoms with Gasteiger partial charge in [0.25, 0.3) is 5.91 Å². The third-order valence-electron chi connectivity index (χ3n) is 4.13. The summed E-state index contributed by atoms with van der Waals surface area (Å²) in [6.45, 7) is 0. The van der Waals surface area contributed by atoms with Crippen molar-refractivity contribution < 1.29 is 4.79 Å². The number of hydrogen-bond acceptors (Lipinski definition) is 2. The van der Waals surface area contributed by atoms with Crippen molar-refractivity contribution in [3.8, 4) is 0 Å². The third-order valence-corrected chi connectivity index (χ3v) is 4.43. The van der Waals surface area contributed by atoms with E-state index in [1.54, 1.807) is 4.90 Å². The number of amides is 1. The van der Waals surface area contributed by atoms with Gasteiger partial charge in [-0.3, -0.25) is 9.69 Å². The first-order valence-corrected chi connectivity index (χ1v) is 7.89. The summed E-state index contributed by atoms with van der Waals surface area (Å²) in [5.41, 5.74) is 3.00. The lowest BCUT2D eigenvalue weighted by atomic mass is 10.0. The van der Waals surface area contributed by atoms with Crippen molar-refractivity contribution in [2.75, 3.05) is 4.90 Å². The summed E-state index contributed by atoms with van der Waals surface area (Å²) in [5, 5.41) is 4.76. The molecule has 4 rings (SSSR count). The zero-order valence-corrected chi connectivity index (χ0v) is 13.1. The quantitative estimate of drug-likeness (QED) is 0.729. The molecule has 3 aromatic rings. The van der Waals surface area contributed by atoms with Crippen LogP contribution in [0.5, 0.6) is 0 Å². The average Bonchev–Trinajstić information content (AvgIpc) is 3.10. The van der Waals surface area contributed by atoms with Crippen molar-refractivity contribution in [3.63, 3.8) is 0 Å². The van der Waals surface area contributed by atoms with Crippen LogP contribution in [0.15, 0.2) is 60.8 Å². The first kappa shape index (κ1) is 14.0. The lowest BCUT2D eigenvalue weighted by Gasteiger charge is -2.14. The van der Waals surface area contributed by atoms with E-state index >= 15 is 0 Å². The summed E-state index contributed by atoms with van der Waals surface area (Å²) in [5.74, 6) is -0.00789. The van der Waals surface area contributed by atoms with Gasteiger partial charge in [-0.1, -0.05) is 36.4 Å². The number of fused-ring (bicyclic) bond motifs is 1. The number of carbonyl (C=O) groups excluding carboxylic acids is 1. The smallest absolute Gasteiger partial charge is 0.256 e. The Bertz CT molecular complexity index is 887. The SMILES string of the molecule is O=C1[C@H](Cc2c[nH]c3ccccc23)NC(=S)N1c1ccccc1. The van der Waals surface area contributed by atoms with Gasteiger partial charge >= 0.3 is 0 Å². The summed E-state index contributed by atoms with van der Waals surface area (Å²) < 4.78 is 0. The molecule has 1 aliphatic heterocycles. The molecule has 1 aromatic heterocycles. The van der Waals surface area contributed by atoms with Crippen molar-refractivity contribution in [2.24, 2.45) is 0 Å². The molecule has 1 atom stereocenters. The molecule has 5 heteroatoms. The number of H-pyrrole nitrogens is 1. The summed E-state index contributed by atoms with van der Waals surface area (Å²) in [7, 11) is 0. The van der Waals surface area contributed by atoms with E-state index in [2.05, 4.69) is 16.4 Å². The van der Waals surface area contributed by atoms with Crippen molar-refractivity contribution >= 4 is 39.8 Å². The van der Waals surface area contributed by atoms with Gasteiger partial charge in [-0.25, -0.2) is 0 Å². The lowest BCUT2D eigenvalue weighted by molar-refractivity contribution is -0.118. The number of para-hydroxylation sites is 2. The van der Waals surface area contributed by atoms with Gasteiger partial charge in [0.05, 0.1) is 5.69 Å². The summed E-state index contributed by atoms with van der Waals surface area (Å²) in [4.78, 5) is 17.6. The van der Waals surface area contributed by atoms with Crippen molar-refractivity contribution in [3.05, 3.63) is 66.4 Å². The van der Waals surface area contributed by atoms with E-state index in [0.717, 1.165) is 22.2 Å². The maximum atomic E-state index is 12.7. The van der Waals surface area contributed by atoms with E-state index in [1.165, 1.54) is 0 Å². The lowest BCUT2D eigenvalue weighted by Crippen LogP contribution is -2.32. The highest BCUT2D eigenvalue weighted by Crippen LogP contribution is 2.24. The molecule has 0 unspecified atom stereocenters. The first-order chi connectivity index (χ1) is 11.2. The largest absolute Gasteiger partial charge is 0.361 e. The molecule has 0 aliphatic carbocycles. The van der Waals surface area contributed by atoms with Crippen LogP contribution in [-0.4, -0.2) is 22.0 Å². The summed E-state index contributed by atoms with van der Waals surface area (Å²) in [6.07, 6.45) is 2.57. The Morgan fingerprint density at radius 1 is 1.04 bits per heavy atom. The number of carbonyl (C=O) groups is 1. The van der Waals surface area contributed by atoms with Crippen molar-refractivity contribution in [1.29, 1.82) is 0 Å². The highest BCUT2D eigenvalue weighted by molar-refractivity contribution is 7.80. The molecular weight excluding hydrogens is 306 g/mol. The van der Waals surface area contributed by atoms with Gasteiger partial charge < -0.3 is 10.3 Å². The third kappa shape index (κ3) is 2.39. The standard InChI is InChI=1S/C18H15N3OS/c22-17-16(10-12-11-19-15-9-5-4-8-14(12)15)20-18(23)21(17)13-6-2-1-3-7-13/h1-9,11,16,19H,10H2,(H,20,23)/t16-/m0/s1. The Morgan fingerprint density at radius 2 is 1.78 bits per heavy atom. The molecule has 0 radical (unpaired) electrons. The maximum absolute atomic E-state index is 12.7. The number of nitrogens with one attached hydrogen (secondary N) is 2. The predicted molar refractivity (Wildman–Crippen MR) is 95.5 cm³/mol. The van der Waals surface area contributed by atoms with Gasteiger partial charge in [0, 0.05) is 23.5 Å². The molecule has 0 saturated carbocycles. The molecule has 1 fully saturated rings. The highest BCUT2D eigenvalue weighted by Gasteiger charge is 2.36. The molecule has 1 saturated heterocycles. The van der Waals surface area contributed by atoms with Crippen molar-refractivity contribution in [2.45, 2.75) is 12.5 Å². The van der Waals surface area contributed by atoms with Crippen molar-refractivity contribution in [1.82, 2.24) is 10.3 Å². The monoisotopic (exact) mass is 321 g/mol. The van der Waals surface area contributed by atoms with E-state index in [4.69, 9.17) is 12.2 Å². The second-order valence-corrected chi connectivity index (χ2v) is 5.96. The normalized spacial score (nSPS) is 17.7. The zero-order chi connectivity index (χ0) is 15.8. The topological polar surface area (TPSA) is 48.1 Å². The molecule has 0 bridgehead atoms. The molecule has 1 amide bonds. The van der Waals surface area contributed by atoms with Crippen LogP contribution < -0.4 is 10.2 Å². The minimum Gasteiger partial charge on any atom is -0.361 e. The molecule has 2 aromatic carbocycles. The molecule has 0 spiro atoms. The van der Waals surface area contributed by atoms with Gasteiger partial charge in [0.1, 0.15) is 6.04 Å². The predicted octanol–water partition coefficient (Wildman–Crippen LogP) is 3.00. The Labute approximate surface area is 139 Å². The van der Waals surface area contributed by atoms with Crippen LogP contribution in [0.25, 0.3) is 10.9 Å². The van der Waals surface area contributed by atoms with E-state index in [1.807, 2.05) is 54.7 Å². The Hall–Kier alpha value is -2.66. The second kappa shape index (κ2) is 5.52. The summed E-state index contributed by atoms with van der Waals surface area (Å²) in [6, 6.07) is 17.3. The second-order valence-electron chi connectivity index (χ2n) is 5.57. The number of aromatic nitrogens is 1. The number of benzene rings is 2. The molecule has 1 aliphatic rings. The van der Waals surface area contributed by atoms with Gasteiger partial charge in [0.2, 0.25) is 0 Å². The van der Waals surface area contributed by atoms with Crippen LogP contribution in [0.2, 0.25) is 0 Å². The van der Waals surface area contributed by atoms with Crippen LogP contribution in [-0.2, 0) is 11.2 Å². The van der Waals surface area contributed by atoms with Crippen LogP contribution >= 0.6 is 12.2 Å². The Kier molecular flexibility index (Phi) is 3.35. The van der Waals surface area contributed by atoms with E-state index < -0.39 is 0 Å². The number of anilines is 1. The van der Waals surface area contributed by atoms with Gasteiger partial charge in [-0.05, 0) is 36.0 Å².